The molecule has 5 N–H and O–H groups in total. The topological polar surface area (TPSA) is 119 Å². The van der Waals surface area contributed by atoms with Gasteiger partial charge in [-0.15, -0.1) is 0 Å². The Hall–Kier alpha value is -3.06. The van der Waals surface area contributed by atoms with E-state index in [9.17, 15) is 24.9 Å². The van der Waals surface area contributed by atoms with Crippen molar-refractivity contribution in [3.8, 4) is 11.5 Å². The zero-order valence-electron chi connectivity index (χ0n) is 20.7. The maximum absolute atomic E-state index is 11.4. The average Bonchev–Trinajstić information content (AvgIpc) is 3.15. The molecule has 2 aromatic carbocycles. The van der Waals surface area contributed by atoms with Crippen LogP contribution in [-0.4, -0.2) is 40.8 Å². The number of aromatic hydroxyl groups is 2. The second-order valence-electron chi connectivity index (χ2n) is 10.4. The highest BCUT2D eigenvalue weighted by Gasteiger charge is 2.54. The van der Waals surface area contributed by atoms with Gasteiger partial charge in [-0.25, -0.2) is 0 Å². The first kappa shape index (κ1) is 25.0. The first-order valence-electron chi connectivity index (χ1n) is 12.5. The molecule has 3 aliphatic carbocycles. The van der Waals surface area contributed by atoms with Crippen LogP contribution in [0, 0.1) is 24.2 Å². The predicted octanol–water partition coefficient (Wildman–Crippen LogP) is 4.24. The number of phenols is 2. The molecule has 0 aliphatic heterocycles. The molecule has 2 aromatic rings. The number of carbonyl (C=O) groups excluding carboxylic acids is 2. The Labute approximate surface area is 206 Å². The minimum Gasteiger partial charge on any atom is -0.508 e. The molecule has 5 rings (SSSR count). The van der Waals surface area contributed by atoms with E-state index < -0.39 is 0 Å². The van der Waals surface area contributed by atoms with E-state index in [4.69, 9.17) is 0 Å². The third-order valence-corrected chi connectivity index (χ3v) is 8.77. The molecule has 5 atom stereocenters. The van der Waals surface area contributed by atoms with Gasteiger partial charge in [-0.2, -0.15) is 0 Å². The lowest BCUT2D eigenvalue weighted by Gasteiger charge is -2.50. The molecule has 35 heavy (non-hydrogen) atoms. The molecule has 0 radical (unpaired) electrons. The number of phenolic OH excluding ortho intramolecular Hbond substituents is 2. The predicted molar refractivity (Wildman–Crippen MR) is 135 cm³/mol. The fourth-order valence-corrected chi connectivity index (χ4v) is 6.87. The number of aliphatic hydroxyl groups is 1. The van der Waals surface area contributed by atoms with Crippen LogP contribution in [-0.2, 0) is 11.2 Å². The highest BCUT2D eigenvalue weighted by molar-refractivity contribution is 6.00. The first-order valence-corrected chi connectivity index (χ1v) is 12.5. The molecule has 0 saturated heterocycles. The van der Waals surface area contributed by atoms with Gasteiger partial charge in [0, 0.05) is 12.7 Å². The molecule has 2 saturated carbocycles. The van der Waals surface area contributed by atoms with E-state index in [0.717, 1.165) is 25.2 Å². The zero-order valence-corrected chi connectivity index (χ0v) is 20.7. The minimum atomic E-state index is -0.389. The second kappa shape index (κ2) is 9.90. The van der Waals surface area contributed by atoms with Gasteiger partial charge in [0.15, 0.2) is 0 Å². The summed E-state index contributed by atoms with van der Waals surface area (Å²) in [6.07, 6.45) is 7.30. The van der Waals surface area contributed by atoms with E-state index in [1.807, 2.05) is 12.1 Å². The molecular weight excluding hydrogens is 444 g/mol. The van der Waals surface area contributed by atoms with Crippen LogP contribution in [0.3, 0.4) is 0 Å². The van der Waals surface area contributed by atoms with Crippen LogP contribution >= 0.6 is 0 Å². The van der Waals surface area contributed by atoms with Crippen molar-refractivity contribution >= 4 is 18.0 Å². The largest absolute Gasteiger partial charge is 0.508 e. The van der Waals surface area contributed by atoms with Crippen LogP contribution < -0.4 is 10.6 Å². The minimum absolute atomic E-state index is 0.0883. The van der Waals surface area contributed by atoms with Gasteiger partial charge in [0.1, 0.15) is 11.5 Å². The summed E-state index contributed by atoms with van der Waals surface area (Å²) < 4.78 is 0. The summed E-state index contributed by atoms with van der Waals surface area (Å²) in [5.74, 6) is 1.99. The molecule has 0 heterocycles. The molecule has 5 unspecified atom stereocenters. The van der Waals surface area contributed by atoms with Gasteiger partial charge in [-0.05, 0) is 110 Å². The summed E-state index contributed by atoms with van der Waals surface area (Å²) in [4.78, 5) is 21.7. The molecule has 0 bridgehead atoms. The van der Waals surface area contributed by atoms with Crippen LogP contribution in [0.5, 0.6) is 11.5 Å². The summed E-state index contributed by atoms with van der Waals surface area (Å²) in [6.45, 7) is 3.97. The third kappa shape index (κ3) is 4.49. The van der Waals surface area contributed by atoms with Crippen molar-refractivity contribution in [2.24, 2.45) is 17.3 Å². The van der Waals surface area contributed by atoms with E-state index in [1.165, 1.54) is 49.6 Å². The molecule has 2 fully saturated rings. The lowest BCUT2D eigenvalue weighted by atomic mass is 9.55. The summed E-state index contributed by atoms with van der Waals surface area (Å²) in [5, 5.41) is 34.4. The molecule has 188 valence electrons. The van der Waals surface area contributed by atoms with Crippen molar-refractivity contribution in [1.29, 1.82) is 0 Å². The normalized spacial score (nSPS) is 28.5. The van der Waals surface area contributed by atoms with E-state index >= 15 is 0 Å². The van der Waals surface area contributed by atoms with Gasteiger partial charge >= 0.3 is 0 Å². The Balaban J connectivity index is 0.000000174. The highest BCUT2D eigenvalue weighted by Crippen LogP contribution is 2.60. The van der Waals surface area contributed by atoms with Gasteiger partial charge in [-0.1, -0.05) is 13.0 Å². The smallest absolute Gasteiger partial charge is 0.255 e. The van der Waals surface area contributed by atoms with E-state index in [-0.39, 0.29) is 28.7 Å². The zero-order chi connectivity index (χ0) is 25.3. The fourth-order valence-electron chi connectivity index (χ4n) is 6.87. The van der Waals surface area contributed by atoms with Crippen LogP contribution in [0.4, 0.5) is 5.69 Å². The second-order valence-corrected chi connectivity index (χ2v) is 10.4. The average molecular weight is 481 g/mol. The van der Waals surface area contributed by atoms with Gasteiger partial charge in [0.2, 0.25) is 6.41 Å². The molecule has 0 spiro atoms. The monoisotopic (exact) mass is 480 g/mol. The number of benzene rings is 2. The fraction of sp³-hybridized carbons (Fsp3) is 0.500. The van der Waals surface area contributed by atoms with Crippen LogP contribution in [0.1, 0.15) is 72.0 Å². The number of nitrogens with one attached hydrogen (secondary N) is 2. The van der Waals surface area contributed by atoms with Crippen molar-refractivity contribution in [2.45, 2.75) is 64.4 Å². The standard InChI is InChI=1S/C18H24O2.C10H12N2O3/c1-18-9-8-14-13-5-3-12(19)10-11(13)2-4-15(14)16(18)6-7-17(18)20;1-6-7(12-5-13)3-4-8(14)9(6)10(15)11-2/h3,5,10,14-17,19-20H,2,4,6-9H2,1H3;3-5,14H,1-2H3,(H,11,15)(H,12,13). The molecule has 3 aliphatic rings. The molecule has 0 aromatic heterocycles. The lowest BCUT2D eigenvalue weighted by molar-refractivity contribution is -0.105. The van der Waals surface area contributed by atoms with E-state index in [1.54, 1.807) is 6.92 Å². The van der Waals surface area contributed by atoms with Crippen LogP contribution in [0.2, 0.25) is 0 Å². The number of anilines is 1. The number of fused-ring (bicyclic) bond motifs is 5. The highest BCUT2D eigenvalue weighted by atomic mass is 16.3. The van der Waals surface area contributed by atoms with Crippen molar-refractivity contribution in [3.05, 3.63) is 52.6 Å². The molecule has 7 nitrogen and oxygen atoms in total. The molecule has 2 amide bonds. The number of hydrogen-bond donors (Lipinski definition) is 5. The number of amides is 2. The number of carbonyl (C=O) groups is 2. The summed E-state index contributed by atoms with van der Waals surface area (Å²) >= 11 is 0. The summed E-state index contributed by atoms with van der Waals surface area (Å²) in [7, 11) is 1.47. The van der Waals surface area contributed by atoms with Crippen molar-refractivity contribution < 1.29 is 24.9 Å². The lowest BCUT2D eigenvalue weighted by Crippen LogP contribution is -2.43. The summed E-state index contributed by atoms with van der Waals surface area (Å²) in [6, 6.07) is 8.85. The Morgan fingerprint density at radius 3 is 2.60 bits per heavy atom. The Morgan fingerprint density at radius 2 is 1.89 bits per heavy atom. The molecular formula is C28H36N2O5. The van der Waals surface area contributed by atoms with Crippen molar-refractivity contribution in [3.63, 3.8) is 0 Å². The van der Waals surface area contributed by atoms with Crippen molar-refractivity contribution in [2.75, 3.05) is 12.4 Å². The quantitative estimate of drug-likeness (QED) is 0.333. The maximum Gasteiger partial charge on any atom is 0.255 e. The van der Waals surface area contributed by atoms with Gasteiger partial charge < -0.3 is 26.0 Å². The van der Waals surface area contributed by atoms with Crippen LogP contribution in [0.25, 0.3) is 0 Å². The Kier molecular flexibility index (Phi) is 7.08. The summed E-state index contributed by atoms with van der Waals surface area (Å²) in [5.41, 5.74) is 4.19. The Morgan fingerprint density at radius 1 is 1.11 bits per heavy atom. The number of aryl methyl sites for hydroxylation is 1. The van der Waals surface area contributed by atoms with E-state index in [2.05, 4.69) is 23.6 Å². The van der Waals surface area contributed by atoms with E-state index in [0.29, 0.717) is 35.2 Å². The van der Waals surface area contributed by atoms with Gasteiger partial charge in [0.05, 0.1) is 11.7 Å². The number of rotatable bonds is 3. The van der Waals surface area contributed by atoms with Crippen LogP contribution in [0.15, 0.2) is 30.3 Å². The first-order chi connectivity index (χ1) is 16.7. The third-order valence-electron chi connectivity index (χ3n) is 8.77. The molecule has 7 heteroatoms. The van der Waals surface area contributed by atoms with Gasteiger partial charge in [0.25, 0.3) is 5.91 Å². The SMILES string of the molecule is CC12CCC3c4ccc(O)cc4CCC3C1CCC2O.CNC(=O)c1c(O)ccc(NC=O)c1C. The number of hydrogen-bond acceptors (Lipinski definition) is 5. The Bertz CT molecular complexity index is 1120. The number of aliphatic hydroxyl groups excluding tert-OH is 1. The van der Waals surface area contributed by atoms with Gasteiger partial charge in [-0.3, -0.25) is 9.59 Å². The van der Waals surface area contributed by atoms with Crippen molar-refractivity contribution in [1.82, 2.24) is 5.32 Å². The maximum atomic E-state index is 11.4.